The van der Waals surface area contributed by atoms with Crippen LogP contribution < -0.4 is 0 Å². The molecule has 3 aliphatic rings. The normalized spacial score (nSPS) is 26.4. The van der Waals surface area contributed by atoms with E-state index in [1.807, 2.05) is 22.4 Å². The number of hydrogen-bond acceptors (Lipinski definition) is 5. The van der Waals surface area contributed by atoms with E-state index in [4.69, 9.17) is 4.74 Å². The third-order valence-corrected chi connectivity index (χ3v) is 6.80. The van der Waals surface area contributed by atoms with Gasteiger partial charge in [-0.15, -0.1) is 11.3 Å². The van der Waals surface area contributed by atoms with Crippen molar-refractivity contribution in [2.45, 2.75) is 43.9 Å². The number of carbonyl (C=O) groups excluding carboxylic acids is 2. The molecule has 1 unspecified atom stereocenters. The monoisotopic (exact) mass is 377 g/mol. The van der Waals surface area contributed by atoms with E-state index in [2.05, 4.69) is 11.9 Å². The zero-order valence-electron chi connectivity index (χ0n) is 15.4. The van der Waals surface area contributed by atoms with Crippen molar-refractivity contribution in [2.75, 3.05) is 39.8 Å². The fourth-order valence-electron chi connectivity index (χ4n) is 4.42. The summed E-state index contributed by atoms with van der Waals surface area (Å²) in [7, 11) is 2.07. The Morgan fingerprint density at radius 3 is 2.54 bits per heavy atom. The van der Waals surface area contributed by atoms with E-state index >= 15 is 0 Å². The molecule has 1 spiro atoms. The van der Waals surface area contributed by atoms with Gasteiger partial charge in [-0.3, -0.25) is 14.5 Å². The summed E-state index contributed by atoms with van der Waals surface area (Å²) < 4.78 is 6.21. The molecule has 1 atom stereocenters. The molecule has 142 valence electrons. The van der Waals surface area contributed by atoms with Crippen LogP contribution in [0.5, 0.6) is 0 Å². The Kier molecular flexibility index (Phi) is 5.03. The van der Waals surface area contributed by atoms with Crippen molar-refractivity contribution < 1.29 is 14.3 Å². The van der Waals surface area contributed by atoms with Gasteiger partial charge in [-0.05, 0) is 44.2 Å². The molecule has 1 aromatic rings. The van der Waals surface area contributed by atoms with Gasteiger partial charge in [0.2, 0.25) is 5.91 Å². The Morgan fingerprint density at radius 1 is 1.15 bits per heavy atom. The molecule has 0 bridgehead atoms. The van der Waals surface area contributed by atoms with Crippen LogP contribution in [0.15, 0.2) is 17.5 Å². The van der Waals surface area contributed by atoms with Crippen LogP contribution in [0.2, 0.25) is 0 Å². The summed E-state index contributed by atoms with van der Waals surface area (Å²) in [5.74, 6) is -0.00247. The Morgan fingerprint density at radius 2 is 1.88 bits per heavy atom. The average molecular weight is 378 g/mol. The van der Waals surface area contributed by atoms with Gasteiger partial charge in [0.1, 0.15) is 11.8 Å². The lowest BCUT2D eigenvalue weighted by Gasteiger charge is -2.42. The topological polar surface area (TPSA) is 53.1 Å². The highest BCUT2D eigenvalue weighted by atomic mass is 32.1. The maximum Gasteiger partial charge on any atom is 0.266 e. The van der Waals surface area contributed by atoms with Crippen LogP contribution in [0.3, 0.4) is 0 Å². The van der Waals surface area contributed by atoms with Gasteiger partial charge >= 0.3 is 0 Å². The van der Waals surface area contributed by atoms with Gasteiger partial charge < -0.3 is 14.5 Å². The van der Waals surface area contributed by atoms with E-state index in [-0.39, 0.29) is 11.8 Å². The predicted octanol–water partition coefficient (Wildman–Crippen LogP) is 2.02. The SMILES string of the molecule is CN1CCN(C(=O)C2COC3(CCCCC3)N2C(=O)c2cccs2)CC1. The van der Waals surface area contributed by atoms with Crippen molar-refractivity contribution >= 4 is 23.2 Å². The Bertz CT molecular complexity index is 649. The number of nitrogens with zero attached hydrogens (tertiary/aromatic N) is 3. The molecule has 1 aromatic heterocycles. The van der Waals surface area contributed by atoms with Crippen LogP contribution in [-0.2, 0) is 9.53 Å². The van der Waals surface area contributed by atoms with Crippen LogP contribution in [-0.4, -0.2) is 78.1 Å². The maximum atomic E-state index is 13.3. The molecule has 2 amide bonds. The van der Waals surface area contributed by atoms with Crippen LogP contribution in [0.1, 0.15) is 41.8 Å². The van der Waals surface area contributed by atoms with Gasteiger partial charge in [0.05, 0.1) is 11.5 Å². The highest BCUT2D eigenvalue weighted by molar-refractivity contribution is 7.12. The highest BCUT2D eigenvalue weighted by Gasteiger charge is 2.53. The highest BCUT2D eigenvalue weighted by Crippen LogP contribution is 2.42. The Labute approximate surface area is 158 Å². The van der Waals surface area contributed by atoms with Crippen molar-refractivity contribution in [2.24, 2.45) is 0 Å². The average Bonchev–Trinajstić information content (AvgIpc) is 3.31. The second-order valence-corrected chi connectivity index (χ2v) is 8.56. The standard InChI is InChI=1S/C19H27N3O3S/c1-20-9-11-21(12-10-20)17(23)15-14-25-19(7-3-2-4-8-19)22(15)18(24)16-6-5-13-26-16/h5-6,13,15H,2-4,7-12,14H2,1H3. The summed E-state index contributed by atoms with van der Waals surface area (Å²) in [5.41, 5.74) is -0.591. The van der Waals surface area contributed by atoms with Gasteiger partial charge in [0.15, 0.2) is 0 Å². The van der Waals surface area contributed by atoms with Crippen molar-refractivity contribution in [1.82, 2.24) is 14.7 Å². The number of ether oxygens (including phenoxy) is 1. The first-order chi connectivity index (χ1) is 12.6. The van der Waals surface area contributed by atoms with E-state index < -0.39 is 11.8 Å². The van der Waals surface area contributed by atoms with Crippen LogP contribution >= 0.6 is 11.3 Å². The van der Waals surface area contributed by atoms with E-state index in [9.17, 15) is 9.59 Å². The van der Waals surface area contributed by atoms with Crippen molar-refractivity contribution in [3.8, 4) is 0 Å². The first-order valence-corrected chi connectivity index (χ1v) is 10.5. The molecule has 6 nitrogen and oxygen atoms in total. The van der Waals surface area contributed by atoms with E-state index in [0.29, 0.717) is 11.5 Å². The second kappa shape index (κ2) is 7.29. The maximum absolute atomic E-state index is 13.3. The Hall–Kier alpha value is -1.44. The lowest BCUT2D eigenvalue weighted by atomic mass is 9.90. The molecule has 7 heteroatoms. The molecule has 26 heavy (non-hydrogen) atoms. The van der Waals surface area contributed by atoms with E-state index in [1.165, 1.54) is 17.8 Å². The van der Waals surface area contributed by atoms with Gasteiger partial charge in [-0.25, -0.2) is 0 Å². The van der Waals surface area contributed by atoms with Crippen molar-refractivity contribution in [3.63, 3.8) is 0 Å². The molecule has 1 saturated carbocycles. The van der Waals surface area contributed by atoms with E-state index in [0.717, 1.165) is 51.9 Å². The summed E-state index contributed by atoms with van der Waals surface area (Å²) in [5, 5.41) is 1.91. The molecule has 4 rings (SSSR count). The molecular weight excluding hydrogens is 350 g/mol. The fourth-order valence-corrected chi connectivity index (χ4v) is 5.08. The molecule has 3 heterocycles. The fraction of sp³-hybridized carbons (Fsp3) is 0.684. The molecule has 3 fully saturated rings. The lowest BCUT2D eigenvalue weighted by molar-refractivity contribution is -0.138. The number of thiophene rings is 1. The minimum Gasteiger partial charge on any atom is -0.353 e. The Balaban J connectivity index is 1.60. The third-order valence-electron chi connectivity index (χ3n) is 5.95. The second-order valence-electron chi connectivity index (χ2n) is 7.61. The number of likely N-dealkylation sites (N-methyl/N-ethyl adjacent to an activating group) is 1. The molecule has 0 aromatic carbocycles. The molecule has 0 radical (unpaired) electrons. The number of carbonyl (C=O) groups is 2. The summed E-state index contributed by atoms with van der Waals surface area (Å²) in [4.78, 5) is 33.2. The minimum absolute atomic E-state index is 0.0467. The van der Waals surface area contributed by atoms with E-state index in [1.54, 1.807) is 4.90 Å². The van der Waals surface area contributed by atoms with Gasteiger partial charge in [0, 0.05) is 26.2 Å². The number of amides is 2. The minimum atomic E-state index is -0.591. The van der Waals surface area contributed by atoms with Crippen LogP contribution in [0, 0.1) is 0 Å². The zero-order valence-corrected chi connectivity index (χ0v) is 16.2. The molecule has 0 N–H and O–H groups in total. The third kappa shape index (κ3) is 3.17. The molecule has 1 aliphatic carbocycles. The first kappa shape index (κ1) is 17.9. The summed E-state index contributed by atoms with van der Waals surface area (Å²) in [6, 6.07) is 3.24. The summed E-state index contributed by atoms with van der Waals surface area (Å²) in [6.45, 7) is 3.52. The van der Waals surface area contributed by atoms with Crippen molar-refractivity contribution in [1.29, 1.82) is 0 Å². The number of piperazine rings is 1. The first-order valence-electron chi connectivity index (χ1n) is 9.59. The smallest absolute Gasteiger partial charge is 0.266 e. The summed E-state index contributed by atoms with van der Waals surface area (Å²) in [6.07, 6.45) is 4.92. The van der Waals surface area contributed by atoms with Gasteiger partial charge in [0.25, 0.3) is 5.91 Å². The van der Waals surface area contributed by atoms with Crippen LogP contribution in [0.25, 0.3) is 0 Å². The predicted molar refractivity (Wildman–Crippen MR) is 100 cm³/mol. The molecule has 2 aliphatic heterocycles. The number of rotatable bonds is 2. The quantitative estimate of drug-likeness (QED) is 0.791. The molecule has 2 saturated heterocycles. The largest absolute Gasteiger partial charge is 0.353 e. The lowest BCUT2D eigenvalue weighted by Crippen LogP contribution is -2.58. The van der Waals surface area contributed by atoms with Crippen LogP contribution in [0.4, 0.5) is 0 Å². The number of hydrogen-bond donors (Lipinski definition) is 0. The van der Waals surface area contributed by atoms with Crippen molar-refractivity contribution in [3.05, 3.63) is 22.4 Å². The zero-order chi connectivity index (χ0) is 18.1. The summed E-state index contributed by atoms with van der Waals surface area (Å²) >= 11 is 1.44. The molecular formula is C19H27N3O3S. The van der Waals surface area contributed by atoms with Gasteiger partial charge in [-0.1, -0.05) is 12.5 Å². The van der Waals surface area contributed by atoms with Gasteiger partial charge in [-0.2, -0.15) is 0 Å².